The molecular formula is C13H21ClN2O. The van der Waals surface area contributed by atoms with Gasteiger partial charge in [0.15, 0.2) is 0 Å². The molecule has 0 saturated carbocycles. The molecule has 0 aliphatic heterocycles. The van der Waals surface area contributed by atoms with Gasteiger partial charge in [0.05, 0.1) is 6.10 Å². The fraction of sp³-hybridized carbons (Fsp3) is 0.538. The molecule has 4 heteroatoms. The third-order valence-corrected chi connectivity index (χ3v) is 2.77. The van der Waals surface area contributed by atoms with E-state index in [-0.39, 0.29) is 6.10 Å². The fourth-order valence-electron chi connectivity index (χ4n) is 1.70. The average molecular weight is 257 g/mol. The molecule has 2 N–H and O–H groups in total. The molecule has 17 heavy (non-hydrogen) atoms. The zero-order valence-electron chi connectivity index (χ0n) is 10.5. The molecule has 0 heterocycles. The van der Waals surface area contributed by atoms with Crippen LogP contribution in [-0.4, -0.2) is 42.8 Å². The van der Waals surface area contributed by atoms with Crippen LogP contribution in [0.4, 0.5) is 0 Å². The first-order chi connectivity index (χ1) is 8.11. The molecule has 0 aliphatic rings. The van der Waals surface area contributed by atoms with Gasteiger partial charge < -0.3 is 10.4 Å². The quantitative estimate of drug-likeness (QED) is 0.780. The molecular weight excluding hydrogens is 236 g/mol. The van der Waals surface area contributed by atoms with E-state index in [2.05, 4.69) is 10.2 Å². The number of aliphatic hydroxyl groups is 1. The summed E-state index contributed by atoms with van der Waals surface area (Å²) in [5.74, 6) is 0. The summed E-state index contributed by atoms with van der Waals surface area (Å²) in [5, 5.41) is 13.6. The summed E-state index contributed by atoms with van der Waals surface area (Å²) < 4.78 is 0. The summed E-state index contributed by atoms with van der Waals surface area (Å²) in [5.41, 5.74) is 1.20. The highest BCUT2D eigenvalue weighted by Gasteiger charge is 2.07. The Morgan fingerprint density at radius 3 is 2.59 bits per heavy atom. The minimum absolute atomic E-state index is 0.327. The second kappa shape index (κ2) is 7.67. The van der Waals surface area contributed by atoms with Gasteiger partial charge in [0.1, 0.15) is 0 Å². The minimum atomic E-state index is -0.327. The molecule has 1 atom stereocenters. The van der Waals surface area contributed by atoms with Crippen LogP contribution in [0.1, 0.15) is 12.5 Å². The first-order valence-corrected chi connectivity index (χ1v) is 6.31. The summed E-state index contributed by atoms with van der Waals surface area (Å²) in [7, 11) is 2.00. The Balaban J connectivity index is 2.33. The van der Waals surface area contributed by atoms with Crippen molar-refractivity contribution in [2.24, 2.45) is 0 Å². The molecule has 0 aromatic heterocycles. The summed E-state index contributed by atoms with van der Waals surface area (Å²) in [6.07, 6.45) is -0.327. The monoisotopic (exact) mass is 256 g/mol. The van der Waals surface area contributed by atoms with E-state index < -0.39 is 0 Å². The van der Waals surface area contributed by atoms with Gasteiger partial charge in [-0.3, -0.25) is 4.90 Å². The van der Waals surface area contributed by atoms with Crippen LogP contribution < -0.4 is 5.32 Å². The van der Waals surface area contributed by atoms with Gasteiger partial charge in [-0.25, -0.2) is 0 Å². The maximum Gasteiger partial charge on any atom is 0.0791 e. The number of hydrogen-bond donors (Lipinski definition) is 2. The molecule has 0 amide bonds. The molecule has 0 spiro atoms. The largest absolute Gasteiger partial charge is 0.390 e. The number of rotatable bonds is 7. The van der Waals surface area contributed by atoms with Gasteiger partial charge in [-0.1, -0.05) is 30.7 Å². The third kappa shape index (κ3) is 6.03. The Kier molecular flexibility index (Phi) is 6.52. The number of halogens is 1. The third-order valence-electron chi connectivity index (χ3n) is 2.52. The lowest BCUT2D eigenvalue weighted by Gasteiger charge is -2.20. The Hall–Kier alpha value is -0.610. The van der Waals surface area contributed by atoms with Gasteiger partial charge in [-0.2, -0.15) is 0 Å². The topological polar surface area (TPSA) is 35.5 Å². The van der Waals surface area contributed by atoms with E-state index in [9.17, 15) is 5.11 Å². The van der Waals surface area contributed by atoms with Crippen molar-refractivity contribution in [2.45, 2.75) is 19.6 Å². The van der Waals surface area contributed by atoms with Crippen LogP contribution in [0.5, 0.6) is 0 Å². The number of aliphatic hydroxyl groups excluding tert-OH is 1. The van der Waals surface area contributed by atoms with Crippen LogP contribution in [0.2, 0.25) is 5.02 Å². The van der Waals surface area contributed by atoms with Crippen molar-refractivity contribution in [3.63, 3.8) is 0 Å². The molecule has 0 saturated heterocycles. The molecule has 1 rings (SSSR count). The van der Waals surface area contributed by atoms with E-state index in [0.717, 1.165) is 18.1 Å². The van der Waals surface area contributed by atoms with E-state index in [4.69, 9.17) is 11.6 Å². The SMILES string of the molecule is CCNCC(O)CN(C)Cc1ccc(Cl)cc1. The molecule has 0 radical (unpaired) electrons. The maximum atomic E-state index is 9.75. The zero-order valence-corrected chi connectivity index (χ0v) is 11.2. The van der Waals surface area contributed by atoms with Crippen molar-refractivity contribution in [3.8, 4) is 0 Å². The number of likely N-dealkylation sites (N-methyl/N-ethyl adjacent to an activating group) is 2. The van der Waals surface area contributed by atoms with Crippen LogP contribution in [0, 0.1) is 0 Å². The second-order valence-corrected chi connectivity index (χ2v) is 4.72. The standard InChI is InChI=1S/C13H21ClN2O/c1-3-15-8-13(17)10-16(2)9-11-4-6-12(14)7-5-11/h4-7,13,15,17H,3,8-10H2,1-2H3. The van der Waals surface area contributed by atoms with Crippen molar-refractivity contribution < 1.29 is 5.11 Å². The van der Waals surface area contributed by atoms with Crippen LogP contribution >= 0.6 is 11.6 Å². The fourth-order valence-corrected chi connectivity index (χ4v) is 1.83. The van der Waals surface area contributed by atoms with Gasteiger partial charge in [-0.15, -0.1) is 0 Å². The zero-order chi connectivity index (χ0) is 12.7. The van der Waals surface area contributed by atoms with Gasteiger partial charge in [0, 0.05) is 24.7 Å². The van der Waals surface area contributed by atoms with Crippen LogP contribution in [0.3, 0.4) is 0 Å². The molecule has 1 unspecified atom stereocenters. The smallest absolute Gasteiger partial charge is 0.0791 e. The highest BCUT2D eigenvalue weighted by molar-refractivity contribution is 6.30. The second-order valence-electron chi connectivity index (χ2n) is 4.28. The Labute approximate surface area is 108 Å². The number of benzene rings is 1. The van der Waals surface area contributed by atoms with Gasteiger partial charge in [0.25, 0.3) is 0 Å². The number of hydrogen-bond acceptors (Lipinski definition) is 3. The summed E-state index contributed by atoms with van der Waals surface area (Å²) in [4.78, 5) is 2.10. The van der Waals surface area contributed by atoms with E-state index in [1.807, 2.05) is 38.2 Å². The van der Waals surface area contributed by atoms with Crippen LogP contribution in [0.25, 0.3) is 0 Å². The predicted octanol–water partition coefficient (Wildman–Crippen LogP) is 1.74. The number of nitrogens with zero attached hydrogens (tertiary/aromatic N) is 1. The number of nitrogens with one attached hydrogen (secondary N) is 1. The Morgan fingerprint density at radius 2 is 2.00 bits per heavy atom. The summed E-state index contributed by atoms with van der Waals surface area (Å²) >= 11 is 5.83. The predicted molar refractivity (Wildman–Crippen MR) is 72.3 cm³/mol. The summed E-state index contributed by atoms with van der Waals surface area (Å²) in [6.45, 7) is 5.04. The molecule has 1 aromatic carbocycles. The van der Waals surface area contributed by atoms with Gasteiger partial charge in [0.2, 0.25) is 0 Å². The normalized spacial score (nSPS) is 13.0. The van der Waals surface area contributed by atoms with Crippen molar-refractivity contribution in [1.82, 2.24) is 10.2 Å². The van der Waals surface area contributed by atoms with Crippen LogP contribution in [0.15, 0.2) is 24.3 Å². The van der Waals surface area contributed by atoms with Gasteiger partial charge in [-0.05, 0) is 31.3 Å². The highest BCUT2D eigenvalue weighted by atomic mass is 35.5. The lowest BCUT2D eigenvalue weighted by atomic mass is 10.2. The van der Waals surface area contributed by atoms with E-state index >= 15 is 0 Å². The molecule has 1 aromatic rings. The molecule has 0 bridgehead atoms. The molecule has 0 aliphatic carbocycles. The molecule has 3 nitrogen and oxygen atoms in total. The van der Waals surface area contributed by atoms with Gasteiger partial charge >= 0.3 is 0 Å². The average Bonchev–Trinajstić information content (AvgIpc) is 2.29. The van der Waals surface area contributed by atoms with Crippen LogP contribution in [-0.2, 0) is 6.54 Å². The van der Waals surface area contributed by atoms with E-state index in [0.29, 0.717) is 13.1 Å². The van der Waals surface area contributed by atoms with E-state index in [1.54, 1.807) is 0 Å². The molecule has 96 valence electrons. The lowest BCUT2D eigenvalue weighted by Crippen LogP contribution is -2.36. The Bertz CT molecular complexity index is 316. The first kappa shape index (κ1) is 14.5. The highest BCUT2D eigenvalue weighted by Crippen LogP contribution is 2.10. The summed E-state index contributed by atoms with van der Waals surface area (Å²) in [6, 6.07) is 7.80. The van der Waals surface area contributed by atoms with Crippen molar-refractivity contribution in [3.05, 3.63) is 34.9 Å². The maximum absolute atomic E-state index is 9.75. The first-order valence-electron chi connectivity index (χ1n) is 5.93. The minimum Gasteiger partial charge on any atom is -0.390 e. The Morgan fingerprint density at radius 1 is 1.35 bits per heavy atom. The molecule has 0 fully saturated rings. The lowest BCUT2D eigenvalue weighted by molar-refractivity contribution is 0.122. The van der Waals surface area contributed by atoms with E-state index in [1.165, 1.54) is 5.56 Å². The van der Waals surface area contributed by atoms with Crippen molar-refractivity contribution in [2.75, 3.05) is 26.7 Å². The van der Waals surface area contributed by atoms with Crippen molar-refractivity contribution >= 4 is 11.6 Å². The van der Waals surface area contributed by atoms with Crippen molar-refractivity contribution in [1.29, 1.82) is 0 Å².